The van der Waals surface area contributed by atoms with E-state index in [9.17, 15) is 5.11 Å². The SMILES string of the molecule is COc1cc(Cl)cc(CNCC(C)(C)c2cccs2)c1O. The molecule has 5 heteroatoms. The number of hydrogen-bond acceptors (Lipinski definition) is 4. The van der Waals surface area contributed by atoms with E-state index in [0.29, 0.717) is 17.3 Å². The summed E-state index contributed by atoms with van der Waals surface area (Å²) < 4.78 is 5.11. The number of phenolic OH excluding ortho intramolecular Hbond substituents is 1. The van der Waals surface area contributed by atoms with E-state index in [1.807, 2.05) is 0 Å². The zero-order valence-electron chi connectivity index (χ0n) is 12.4. The van der Waals surface area contributed by atoms with E-state index in [2.05, 4.69) is 36.7 Å². The van der Waals surface area contributed by atoms with Crippen molar-refractivity contribution in [3.63, 3.8) is 0 Å². The number of nitrogens with one attached hydrogen (secondary N) is 1. The summed E-state index contributed by atoms with van der Waals surface area (Å²) in [5, 5.41) is 16.1. The molecule has 1 aromatic carbocycles. The molecule has 0 saturated heterocycles. The Morgan fingerprint density at radius 1 is 1.38 bits per heavy atom. The quantitative estimate of drug-likeness (QED) is 0.837. The first kappa shape index (κ1) is 16.1. The summed E-state index contributed by atoms with van der Waals surface area (Å²) >= 11 is 7.79. The van der Waals surface area contributed by atoms with Gasteiger partial charge in [-0.15, -0.1) is 11.3 Å². The molecule has 2 rings (SSSR count). The molecule has 0 radical (unpaired) electrons. The van der Waals surface area contributed by atoms with Gasteiger partial charge in [-0.2, -0.15) is 0 Å². The molecule has 0 fully saturated rings. The van der Waals surface area contributed by atoms with E-state index < -0.39 is 0 Å². The fourth-order valence-corrected chi connectivity index (χ4v) is 3.26. The van der Waals surface area contributed by atoms with E-state index >= 15 is 0 Å². The van der Waals surface area contributed by atoms with Crippen LogP contribution in [0.25, 0.3) is 0 Å². The predicted molar refractivity (Wildman–Crippen MR) is 88.7 cm³/mol. The molecule has 0 amide bonds. The highest BCUT2D eigenvalue weighted by atomic mass is 35.5. The topological polar surface area (TPSA) is 41.5 Å². The van der Waals surface area contributed by atoms with E-state index in [4.69, 9.17) is 16.3 Å². The summed E-state index contributed by atoms with van der Waals surface area (Å²) in [5.41, 5.74) is 0.785. The molecule has 1 aromatic heterocycles. The van der Waals surface area contributed by atoms with Crippen LogP contribution < -0.4 is 10.1 Å². The van der Waals surface area contributed by atoms with Crippen LogP contribution in [0.3, 0.4) is 0 Å². The first-order valence-electron chi connectivity index (χ1n) is 6.74. The molecule has 0 aliphatic rings. The lowest BCUT2D eigenvalue weighted by Gasteiger charge is -2.24. The third kappa shape index (κ3) is 3.90. The van der Waals surface area contributed by atoms with Crippen molar-refractivity contribution in [1.82, 2.24) is 5.32 Å². The molecule has 21 heavy (non-hydrogen) atoms. The van der Waals surface area contributed by atoms with Crippen molar-refractivity contribution in [2.24, 2.45) is 0 Å². The van der Waals surface area contributed by atoms with Crippen LogP contribution in [0.2, 0.25) is 5.02 Å². The van der Waals surface area contributed by atoms with Crippen LogP contribution in [0.5, 0.6) is 11.5 Å². The molecule has 114 valence electrons. The molecule has 3 nitrogen and oxygen atoms in total. The smallest absolute Gasteiger partial charge is 0.162 e. The van der Waals surface area contributed by atoms with E-state index in [1.165, 1.54) is 12.0 Å². The highest BCUT2D eigenvalue weighted by molar-refractivity contribution is 7.10. The summed E-state index contributed by atoms with van der Waals surface area (Å²) in [6.45, 7) is 5.74. The fraction of sp³-hybridized carbons (Fsp3) is 0.375. The van der Waals surface area contributed by atoms with Gasteiger partial charge in [0.05, 0.1) is 7.11 Å². The van der Waals surface area contributed by atoms with Crippen molar-refractivity contribution in [2.45, 2.75) is 25.8 Å². The Hall–Kier alpha value is -1.23. The number of rotatable bonds is 6. The van der Waals surface area contributed by atoms with Crippen LogP contribution in [0.4, 0.5) is 0 Å². The number of phenols is 1. The Balaban J connectivity index is 2.02. The fourth-order valence-electron chi connectivity index (χ4n) is 2.18. The van der Waals surface area contributed by atoms with Crippen molar-refractivity contribution < 1.29 is 9.84 Å². The van der Waals surface area contributed by atoms with Crippen LogP contribution in [-0.2, 0) is 12.0 Å². The Morgan fingerprint density at radius 2 is 2.14 bits per heavy atom. The van der Waals surface area contributed by atoms with Gasteiger partial charge in [0.25, 0.3) is 0 Å². The van der Waals surface area contributed by atoms with E-state index in [0.717, 1.165) is 12.1 Å². The molecule has 1 heterocycles. The molecule has 2 N–H and O–H groups in total. The highest BCUT2D eigenvalue weighted by Gasteiger charge is 2.21. The van der Waals surface area contributed by atoms with E-state index in [-0.39, 0.29) is 11.2 Å². The van der Waals surface area contributed by atoms with E-state index in [1.54, 1.807) is 23.5 Å². The standard InChI is InChI=1S/C16H20ClNO2S/c1-16(2,14-5-4-6-21-14)10-18-9-11-7-12(17)8-13(20-3)15(11)19/h4-8,18-19H,9-10H2,1-3H3. The number of halogens is 1. The minimum absolute atomic E-state index is 0.0481. The van der Waals surface area contributed by atoms with Gasteiger partial charge in [-0.3, -0.25) is 0 Å². The van der Waals surface area contributed by atoms with Gasteiger partial charge in [-0.25, -0.2) is 0 Å². The molecule has 0 saturated carbocycles. The maximum Gasteiger partial charge on any atom is 0.162 e. The Labute approximate surface area is 134 Å². The lowest BCUT2D eigenvalue weighted by atomic mass is 9.91. The monoisotopic (exact) mass is 325 g/mol. The third-order valence-corrected chi connectivity index (χ3v) is 4.86. The first-order valence-corrected chi connectivity index (χ1v) is 8.00. The lowest BCUT2D eigenvalue weighted by Crippen LogP contribution is -2.31. The van der Waals surface area contributed by atoms with Crippen LogP contribution in [0, 0.1) is 0 Å². The molecule has 0 bridgehead atoms. The summed E-state index contributed by atoms with van der Waals surface area (Å²) in [6.07, 6.45) is 0. The zero-order chi connectivity index (χ0) is 15.5. The van der Waals surface area contributed by atoms with Gasteiger partial charge < -0.3 is 15.2 Å². The Morgan fingerprint density at radius 3 is 2.76 bits per heavy atom. The number of aromatic hydroxyl groups is 1. The van der Waals surface area contributed by atoms with Crippen molar-refractivity contribution in [1.29, 1.82) is 0 Å². The van der Waals surface area contributed by atoms with Crippen LogP contribution in [0.15, 0.2) is 29.6 Å². The highest BCUT2D eigenvalue weighted by Crippen LogP contribution is 2.33. The maximum absolute atomic E-state index is 10.1. The van der Waals surface area contributed by atoms with Crippen molar-refractivity contribution in [3.8, 4) is 11.5 Å². The zero-order valence-corrected chi connectivity index (χ0v) is 14.0. The van der Waals surface area contributed by atoms with Gasteiger partial charge in [0, 0.05) is 40.0 Å². The first-order chi connectivity index (χ1) is 9.94. The second-order valence-corrected chi connectivity index (χ2v) is 6.96. The van der Waals surface area contributed by atoms with Gasteiger partial charge in [-0.1, -0.05) is 31.5 Å². The second kappa shape index (κ2) is 6.69. The summed E-state index contributed by atoms with van der Waals surface area (Å²) in [4.78, 5) is 1.34. The van der Waals surface area contributed by atoms with Crippen molar-refractivity contribution in [2.75, 3.05) is 13.7 Å². The Bertz CT molecular complexity index is 597. The molecular formula is C16H20ClNO2S. The lowest BCUT2D eigenvalue weighted by molar-refractivity contribution is 0.368. The molecule has 0 spiro atoms. The average molecular weight is 326 g/mol. The van der Waals surface area contributed by atoms with Gasteiger partial charge in [-0.05, 0) is 17.5 Å². The predicted octanol–water partition coefficient (Wildman–Crippen LogP) is 4.18. The molecular weight excluding hydrogens is 306 g/mol. The summed E-state index contributed by atoms with van der Waals surface area (Å²) in [5.74, 6) is 0.542. The van der Waals surface area contributed by atoms with Crippen LogP contribution in [0.1, 0.15) is 24.3 Å². The normalized spacial score (nSPS) is 11.6. The Kier molecular flexibility index (Phi) is 5.14. The van der Waals surface area contributed by atoms with Gasteiger partial charge in [0.1, 0.15) is 0 Å². The number of thiophene rings is 1. The van der Waals surface area contributed by atoms with Crippen LogP contribution >= 0.6 is 22.9 Å². The van der Waals surface area contributed by atoms with Gasteiger partial charge in [0.2, 0.25) is 0 Å². The van der Waals surface area contributed by atoms with Gasteiger partial charge >= 0.3 is 0 Å². The molecule has 2 aromatic rings. The largest absolute Gasteiger partial charge is 0.504 e. The number of benzene rings is 1. The minimum atomic E-state index is 0.0481. The molecule has 0 atom stereocenters. The van der Waals surface area contributed by atoms with Crippen molar-refractivity contribution >= 4 is 22.9 Å². The minimum Gasteiger partial charge on any atom is -0.504 e. The maximum atomic E-state index is 10.1. The molecule has 0 aliphatic carbocycles. The molecule has 0 unspecified atom stereocenters. The second-order valence-electron chi connectivity index (χ2n) is 5.58. The van der Waals surface area contributed by atoms with Crippen LogP contribution in [-0.4, -0.2) is 18.8 Å². The van der Waals surface area contributed by atoms with Crippen molar-refractivity contribution in [3.05, 3.63) is 45.1 Å². The number of methoxy groups -OCH3 is 1. The average Bonchev–Trinajstić information content (AvgIpc) is 2.97. The van der Waals surface area contributed by atoms with Gasteiger partial charge in [0.15, 0.2) is 11.5 Å². The number of hydrogen-bond donors (Lipinski definition) is 2. The summed E-state index contributed by atoms with van der Waals surface area (Å²) in [7, 11) is 1.52. The number of ether oxygens (including phenoxy) is 1. The summed E-state index contributed by atoms with van der Waals surface area (Å²) in [6, 6.07) is 7.57. The molecule has 0 aliphatic heterocycles. The third-order valence-electron chi connectivity index (χ3n) is 3.41.